The van der Waals surface area contributed by atoms with Crippen LogP contribution in [0.15, 0.2) is 17.1 Å². The van der Waals surface area contributed by atoms with Gasteiger partial charge in [-0.3, -0.25) is 9.89 Å². The molecule has 6 heteroatoms. The molecule has 3 fully saturated rings. The number of hydrogen-bond donors (Lipinski definition) is 2. The predicted molar refractivity (Wildman–Crippen MR) is 119 cm³/mol. The number of nitrogens with one attached hydrogen (secondary N) is 2. The highest BCUT2D eigenvalue weighted by molar-refractivity contribution is 14.0. The number of fused-ring (bicyclic) bond motifs is 1. The van der Waals surface area contributed by atoms with E-state index in [9.17, 15) is 0 Å². The molecule has 0 aromatic carbocycles. The van der Waals surface area contributed by atoms with Gasteiger partial charge in [0.25, 0.3) is 0 Å². The lowest BCUT2D eigenvalue weighted by Crippen LogP contribution is -2.68. The Labute approximate surface area is 176 Å². The number of piperidine rings is 1. The van der Waals surface area contributed by atoms with E-state index in [4.69, 9.17) is 9.73 Å². The van der Waals surface area contributed by atoms with Gasteiger partial charge in [0, 0.05) is 56.2 Å². The molecule has 3 aliphatic rings. The molecular formula is C20H37IN4O. The number of guanidine groups is 1. The minimum absolute atomic E-state index is 0. The summed E-state index contributed by atoms with van der Waals surface area (Å²) in [5, 5.41) is 7.43. The van der Waals surface area contributed by atoms with Crippen molar-refractivity contribution in [3.05, 3.63) is 12.2 Å². The van der Waals surface area contributed by atoms with Crippen LogP contribution in [0.3, 0.4) is 0 Å². The molecule has 1 saturated carbocycles. The largest absolute Gasteiger partial charge is 0.377 e. The average Bonchev–Trinajstić information content (AvgIpc) is 3.01. The molecule has 2 aliphatic heterocycles. The summed E-state index contributed by atoms with van der Waals surface area (Å²) in [6.07, 6.45) is 3.92. The van der Waals surface area contributed by atoms with Crippen molar-refractivity contribution in [2.45, 2.75) is 65.1 Å². The van der Waals surface area contributed by atoms with E-state index in [2.05, 4.69) is 49.8 Å². The van der Waals surface area contributed by atoms with E-state index >= 15 is 0 Å². The molecule has 2 saturated heterocycles. The number of hydrogen-bond acceptors (Lipinski definition) is 3. The number of nitrogens with zero attached hydrogens (tertiary/aromatic N) is 2. The van der Waals surface area contributed by atoms with Gasteiger partial charge in [-0.2, -0.15) is 0 Å². The molecule has 1 aliphatic carbocycles. The van der Waals surface area contributed by atoms with E-state index in [1.807, 2.05) is 0 Å². The van der Waals surface area contributed by atoms with Gasteiger partial charge >= 0.3 is 0 Å². The Kier molecular flexibility index (Phi) is 7.80. The zero-order chi connectivity index (χ0) is 18.0. The topological polar surface area (TPSA) is 48.9 Å². The minimum Gasteiger partial charge on any atom is -0.377 e. The quantitative estimate of drug-likeness (QED) is 0.277. The summed E-state index contributed by atoms with van der Waals surface area (Å²) in [7, 11) is 0. The number of halogens is 1. The van der Waals surface area contributed by atoms with Gasteiger partial charge in [0.15, 0.2) is 5.96 Å². The van der Waals surface area contributed by atoms with Crippen LogP contribution in [0.2, 0.25) is 0 Å². The van der Waals surface area contributed by atoms with E-state index in [0.717, 1.165) is 38.7 Å². The van der Waals surface area contributed by atoms with Crippen molar-refractivity contribution in [3.8, 4) is 0 Å². The molecule has 2 heterocycles. The van der Waals surface area contributed by atoms with E-state index < -0.39 is 0 Å². The normalized spacial score (nSPS) is 31.5. The number of rotatable bonds is 5. The van der Waals surface area contributed by atoms with Crippen LogP contribution in [-0.4, -0.2) is 61.8 Å². The molecule has 0 aromatic heterocycles. The van der Waals surface area contributed by atoms with E-state index in [1.54, 1.807) is 0 Å². The Balaban J connectivity index is 0.00000243. The third-order valence-electron chi connectivity index (χ3n) is 6.13. The Hall–Kier alpha value is -0.340. The fourth-order valence-corrected chi connectivity index (χ4v) is 4.87. The molecule has 3 atom stereocenters. The Morgan fingerprint density at radius 1 is 1.23 bits per heavy atom. The lowest BCUT2D eigenvalue weighted by atomic mass is 9.57. The average molecular weight is 476 g/mol. The lowest BCUT2D eigenvalue weighted by Gasteiger charge is -2.55. The molecule has 0 amide bonds. The number of aliphatic imine (C=N–C) groups is 1. The van der Waals surface area contributed by atoms with Gasteiger partial charge in [0.05, 0.1) is 6.10 Å². The zero-order valence-corrected chi connectivity index (χ0v) is 19.2. The van der Waals surface area contributed by atoms with Gasteiger partial charge in [-0.25, -0.2) is 0 Å². The summed E-state index contributed by atoms with van der Waals surface area (Å²) < 4.78 is 5.92. The van der Waals surface area contributed by atoms with Crippen molar-refractivity contribution in [1.29, 1.82) is 0 Å². The SMILES string of the molecule is C=C(C)CN1CCC(NC(=NCC)NC2C3CCOC3C2(C)C)CC1.I. The van der Waals surface area contributed by atoms with Crippen LogP contribution >= 0.6 is 24.0 Å². The van der Waals surface area contributed by atoms with Gasteiger partial charge in [-0.15, -0.1) is 24.0 Å². The lowest BCUT2D eigenvalue weighted by molar-refractivity contribution is -0.106. The fourth-order valence-electron chi connectivity index (χ4n) is 4.87. The molecule has 150 valence electrons. The molecule has 3 rings (SSSR count). The highest BCUT2D eigenvalue weighted by Crippen LogP contribution is 2.52. The first-order valence-electron chi connectivity index (χ1n) is 9.97. The van der Waals surface area contributed by atoms with Gasteiger partial charge in [0.2, 0.25) is 0 Å². The summed E-state index contributed by atoms with van der Waals surface area (Å²) in [4.78, 5) is 7.21. The molecular weight excluding hydrogens is 439 g/mol. The van der Waals surface area contributed by atoms with Crippen LogP contribution in [0.4, 0.5) is 0 Å². The first-order chi connectivity index (χ1) is 11.9. The van der Waals surface area contributed by atoms with Crippen LogP contribution in [0, 0.1) is 11.3 Å². The molecule has 26 heavy (non-hydrogen) atoms. The summed E-state index contributed by atoms with van der Waals surface area (Å²) in [5.74, 6) is 1.63. The fraction of sp³-hybridized carbons (Fsp3) is 0.850. The highest BCUT2D eigenvalue weighted by Gasteiger charge is 2.59. The van der Waals surface area contributed by atoms with Crippen LogP contribution in [0.5, 0.6) is 0 Å². The van der Waals surface area contributed by atoms with Gasteiger partial charge in [-0.05, 0) is 33.1 Å². The maximum atomic E-state index is 5.92. The van der Waals surface area contributed by atoms with Crippen molar-refractivity contribution in [1.82, 2.24) is 15.5 Å². The predicted octanol–water partition coefficient (Wildman–Crippen LogP) is 3.01. The van der Waals surface area contributed by atoms with Crippen LogP contribution in [0.25, 0.3) is 0 Å². The monoisotopic (exact) mass is 476 g/mol. The summed E-state index contributed by atoms with van der Waals surface area (Å²) in [5.41, 5.74) is 1.43. The van der Waals surface area contributed by atoms with Crippen molar-refractivity contribution in [3.63, 3.8) is 0 Å². The van der Waals surface area contributed by atoms with E-state index in [1.165, 1.54) is 24.8 Å². The van der Waals surface area contributed by atoms with E-state index in [-0.39, 0.29) is 29.4 Å². The first kappa shape index (κ1) is 22.0. The second-order valence-electron chi connectivity index (χ2n) is 8.66. The molecule has 0 spiro atoms. The Bertz CT molecular complexity index is 514. The summed E-state index contributed by atoms with van der Waals surface area (Å²) in [6.45, 7) is 17.9. The van der Waals surface area contributed by atoms with Gasteiger partial charge in [-0.1, -0.05) is 26.0 Å². The van der Waals surface area contributed by atoms with Gasteiger partial charge in [0.1, 0.15) is 0 Å². The highest BCUT2D eigenvalue weighted by atomic mass is 127. The minimum atomic E-state index is 0. The standard InChI is InChI=1S/C20H36N4O.HI/c1-6-21-19(22-15-7-10-24(11-8-15)13-14(2)3)23-17-16-9-12-25-18(16)20(17,4)5;/h15-18H,2,6-13H2,1,3-5H3,(H2,21,22,23);1H. The maximum absolute atomic E-state index is 5.92. The maximum Gasteiger partial charge on any atom is 0.191 e. The van der Waals surface area contributed by atoms with E-state index in [0.29, 0.717) is 24.1 Å². The second-order valence-corrected chi connectivity index (χ2v) is 8.66. The molecule has 2 N–H and O–H groups in total. The van der Waals surface area contributed by atoms with Crippen LogP contribution < -0.4 is 10.6 Å². The molecule has 5 nitrogen and oxygen atoms in total. The summed E-state index contributed by atoms with van der Waals surface area (Å²) >= 11 is 0. The molecule has 3 unspecified atom stereocenters. The number of ether oxygens (including phenoxy) is 1. The van der Waals surface area contributed by atoms with Crippen molar-refractivity contribution < 1.29 is 4.74 Å². The van der Waals surface area contributed by atoms with Crippen molar-refractivity contribution in [2.24, 2.45) is 16.3 Å². The molecule has 0 aromatic rings. The smallest absolute Gasteiger partial charge is 0.191 e. The summed E-state index contributed by atoms with van der Waals surface area (Å²) in [6, 6.07) is 0.972. The molecule has 0 bridgehead atoms. The first-order valence-corrected chi connectivity index (χ1v) is 9.97. The zero-order valence-electron chi connectivity index (χ0n) is 16.9. The number of likely N-dealkylation sites (tertiary alicyclic amines) is 1. The molecule has 0 radical (unpaired) electrons. The second kappa shape index (κ2) is 9.24. The Morgan fingerprint density at radius 3 is 2.54 bits per heavy atom. The third kappa shape index (κ3) is 4.73. The van der Waals surface area contributed by atoms with Gasteiger partial charge < -0.3 is 15.4 Å². The van der Waals surface area contributed by atoms with Crippen molar-refractivity contribution in [2.75, 3.05) is 32.8 Å². The third-order valence-corrected chi connectivity index (χ3v) is 6.13. The van der Waals surface area contributed by atoms with Crippen molar-refractivity contribution >= 4 is 29.9 Å². The van der Waals surface area contributed by atoms with Crippen LogP contribution in [-0.2, 0) is 4.74 Å². The van der Waals surface area contributed by atoms with Crippen LogP contribution in [0.1, 0.15) is 47.0 Å². The Morgan fingerprint density at radius 2 is 1.92 bits per heavy atom.